The molecule has 1 aliphatic rings. The molecular formula is C26H17N3O2Pt. The summed E-state index contributed by atoms with van der Waals surface area (Å²) in [5.74, 6) is 3.15. The molecule has 0 amide bonds. The number of aromatic nitrogens is 3. The fraction of sp³-hybridized carbons (Fsp3) is 0.0769. The monoisotopic (exact) mass is 598 g/mol. The zero-order valence-electron chi connectivity index (χ0n) is 16.9. The fourth-order valence-corrected chi connectivity index (χ4v) is 3.88. The first-order valence-electron chi connectivity index (χ1n) is 10.1. The molecule has 0 atom stereocenters. The molecule has 6 rings (SSSR count). The van der Waals surface area contributed by atoms with Gasteiger partial charge in [0.1, 0.15) is 0 Å². The Labute approximate surface area is 199 Å². The van der Waals surface area contributed by atoms with Crippen LogP contribution in [0.2, 0.25) is 0 Å². The van der Waals surface area contributed by atoms with E-state index in [1.807, 2.05) is 54.6 Å². The SMILES string of the molecule is [Pt+2].[c-]1c(Oc2[c-]c3c(cc2)CCn2c-3nc3ccccc32)cccc1Oc1ccccn1. The number of aryl methyl sites for hydroxylation is 2. The van der Waals surface area contributed by atoms with Crippen LogP contribution in [-0.4, -0.2) is 14.5 Å². The Kier molecular flexibility index (Phi) is 5.50. The van der Waals surface area contributed by atoms with Gasteiger partial charge in [-0.05, 0) is 24.6 Å². The van der Waals surface area contributed by atoms with E-state index in [4.69, 9.17) is 14.5 Å². The third-order valence-corrected chi connectivity index (χ3v) is 5.30. The van der Waals surface area contributed by atoms with Gasteiger partial charge >= 0.3 is 21.1 Å². The Morgan fingerprint density at radius 3 is 2.47 bits per heavy atom. The maximum Gasteiger partial charge on any atom is 2.00 e. The van der Waals surface area contributed by atoms with Crippen molar-refractivity contribution in [3.63, 3.8) is 0 Å². The van der Waals surface area contributed by atoms with Crippen molar-refractivity contribution in [3.8, 4) is 34.5 Å². The van der Waals surface area contributed by atoms with Crippen LogP contribution in [0.25, 0.3) is 22.4 Å². The topological polar surface area (TPSA) is 49.2 Å². The second-order valence-corrected chi connectivity index (χ2v) is 7.30. The first kappa shape index (κ1) is 20.5. The van der Waals surface area contributed by atoms with Crippen LogP contribution >= 0.6 is 0 Å². The molecule has 5 aromatic rings. The van der Waals surface area contributed by atoms with Gasteiger partial charge in [-0.1, -0.05) is 30.3 Å². The summed E-state index contributed by atoms with van der Waals surface area (Å²) in [5, 5.41) is 0. The predicted molar refractivity (Wildman–Crippen MR) is 117 cm³/mol. The minimum absolute atomic E-state index is 0. The van der Waals surface area contributed by atoms with Gasteiger partial charge in [-0.15, -0.1) is 35.4 Å². The molecule has 0 unspecified atom stereocenters. The average molecular weight is 599 g/mol. The Hall–Kier alpha value is -3.43. The summed E-state index contributed by atoms with van der Waals surface area (Å²) < 4.78 is 14.1. The summed E-state index contributed by atoms with van der Waals surface area (Å²) in [4.78, 5) is 9.02. The van der Waals surface area contributed by atoms with Crippen LogP contribution < -0.4 is 9.47 Å². The van der Waals surface area contributed by atoms with Gasteiger partial charge in [0.05, 0.1) is 16.9 Å². The average Bonchev–Trinajstić information content (AvgIpc) is 3.19. The smallest absolute Gasteiger partial charge is 0.503 e. The summed E-state index contributed by atoms with van der Waals surface area (Å²) in [7, 11) is 0. The molecule has 1 aliphatic heterocycles. The molecule has 0 aliphatic carbocycles. The summed E-state index contributed by atoms with van der Waals surface area (Å²) in [6.45, 7) is 0.914. The van der Waals surface area contributed by atoms with Gasteiger partial charge < -0.3 is 14.0 Å². The summed E-state index contributed by atoms with van der Waals surface area (Å²) >= 11 is 0. The van der Waals surface area contributed by atoms with E-state index in [1.54, 1.807) is 12.3 Å². The summed E-state index contributed by atoms with van der Waals surface area (Å²) in [6, 6.07) is 29.8. The largest absolute Gasteiger partial charge is 2.00 e. The van der Waals surface area contributed by atoms with Gasteiger partial charge in [-0.3, -0.25) is 4.98 Å². The maximum absolute atomic E-state index is 6.06. The number of pyridine rings is 1. The molecule has 3 aromatic carbocycles. The van der Waals surface area contributed by atoms with Crippen LogP contribution in [0, 0.1) is 12.1 Å². The Morgan fingerprint density at radius 2 is 1.59 bits per heavy atom. The molecule has 32 heavy (non-hydrogen) atoms. The molecule has 0 fully saturated rings. The van der Waals surface area contributed by atoms with Crippen molar-refractivity contribution in [2.45, 2.75) is 13.0 Å². The van der Waals surface area contributed by atoms with E-state index in [0.29, 0.717) is 23.1 Å². The van der Waals surface area contributed by atoms with Crippen molar-refractivity contribution < 1.29 is 30.5 Å². The molecule has 0 saturated heterocycles. The molecule has 0 N–H and O–H groups in total. The molecule has 6 heteroatoms. The minimum Gasteiger partial charge on any atom is -0.503 e. The maximum atomic E-state index is 6.06. The van der Waals surface area contributed by atoms with Crippen LogP contribution in [0.5, 0.6) is 23.1 Å². The molecule has 0 radical (unpaired) electrons. The molecular weight excluding hydrogens is 581 g/mol. The Morgan fingerprint density at radius 1 is 0.781 bits per heavy atom. The van der Waals surface area contributed by atoms with E-state index in [9.17, 15) is 0 Å². The molecule has 0 bridgehead atoms. The van der Waals surface area contributed by atoms with Gasteiger partial charge in [0.15, 0.2) is 0 Å². The Balaban J connectivity index is 0.00000216. The number of imidazole rings is 1. The third-order valence-electron chi connectivity index (χ3n) is 5.30. The van der Waals surface area contributed by atoms with Gasteiger partial charge in [0, 0.05) is 36.1 Å². The summed E-state index contributed by atoms with van der Waals surface area (Å²) in [5.41, 5.74) is 4.36. The zero-order chi connectivity index (χ0) is 20.6. The van der Waals surface area contributed by atoms with Crippen LogP contribution in [0.3, 0.4) is 0 Å². The van der Waals surface area contributed by atoms with E-state index in [1.165, 1.54) is 5.56 Å². The van der Waals surface area contributed by atoms with Crippen molar-refractivity contribution in [3.05, 3.63) is 96.7 Å². The zero-order valence-corrected chi connectivity index (χ0v) is 19.2. The standard InChI is InChI=1S/C26H17N3O2.Pt/c1-2-9-24-23(8-1)28-26-22-17-21(12-11-18(22)13-15-29(24)26)30-19-6-5-7-20(16-19)31-25-10-3-4-14-27-25;/h1-12,14H,13,15H2;/q-2;+2. The second-order valence-electron chi connectivity index (χ2n) is 7.30. The third kappa shape index (κ3) is 3.80. The van der Waals surface area contributed by atoms with Crippen molar-refractivity contribution in [1.29, 1.82) is 0 Å². The van der Waals surface area contributed by atoms with E-state index in [0.717, 1.165) is 35.4 Å². The predicted octanol–water partition coefficient (Wildman–Crippen LogP) is 5.84. The molecule has 5 nitrogen and oxygen atoms in total. The molecule has 158 valence electrons. The first-order chi connectivity index (χ1) is 15.3. The number of hydrogen-bond acceptors (Lipinski definition) is 4. The van der Waals surface area contributed by atoms with Crippen LogP contribution in [0.1, 0.15) is 5.56 Å². The molecule has 2 aromatic heterocycles. The van der Waals surface area contributed by atoms with Gasteiger partial charge in [0.25, 0.3) is 0 Å². The van der Waals surface area contributed by atoms with E-state index >= 15 is 0 Å². The van der Waals surface area contributed by atoms with Crippen molar-refractivity contribution in [1.82, 2.24) is 14.5 Å². The number of benzene rings is 3. The Bertz CT molecular complexity index is 1400. The molecule has 0 spiro atoms. The fourth-order valence-electron chi connectivity index (χ4n) is 3.88. The molecule has 3 heterocycles. The number of ether oxygens (including phenoxy) is 2. The van der Waals surface area contributed by atoms with E-state index < -0.39 is 0 Å². The van der Waals surface area contributed by atoms with E-state index in [-0.39, 0.29) is 21.1 Å². The normalized spacial score (nSPS) is 11.9. The van der Waals surface area contributed by atoms with Gasteiger partial charge in [-0.25, -0.2) is 4.98 Å². The van der Waals surface area contributed by atoms with Gasteiger partial charge in [0.2, 0.25) is 5.88 Å². The number of rotatable bonds is 4. The minimum atomic E-state index is 0. The number of para-hydroxylation sites is 2. The number of hydrogen-bond donors (Lipinski definition) is 0. The first-order valence-corrected chi connectivity index (χ1v) is 10.1. The van der Waals surface area contributed by atoms with Crippen molar-refractivity contribution >= 4 is 11.0 Å². The van der Waals surface area contributed by atoms with Crippen molar-refractivity contribution in [2.24, 2.45) is 0 Å². The number of fused-ring (bicyclic) bond motifs is 5. The van der Waals surface area contributed by atoms with Crippen LogP contribution in [0.15, 0.2) is 79.0 Å². The quantitative estimate of drug-likeness (QED) is 0.244. The second kappa shape index (κ2) is 8.60. The van der Waals surface area contributed by atoms with E-state index in [2.05, 4.69) is 33.8 Å². The van der Waals surface area contributed by atoms with Crippen molar-refractivity contribution in [2.75, 3.05) is 0 Å². The number of nitrogens with zero attached hydrogens (tertiary/aromatic N) is 3. The van der Waals surface area contributed by atoms with Crippen LogP contribution in [-0.2, 0) is 34.0 Å². The van der Waals surface area contributed by atoms with Crippen LogP contribution in [0.4, 0.5) is 0 Å². The summed E-state index contributed by atoms with van der Waals surface area (Å²) in [6.07, 6.45) is 2.63. The molecule has 0 saturated carbocycles. The van der Waals surface area contributed by atoms with Gasteiger partial charge in [-0.2, -0.15) is 6.07 Å².